The normalized spacial score (nSPS) is 10.8. The van der Waals surface area contributed by atoms with E-state index in [1.54, 1.807) is 7.11 Å². The van der Waals surface area contributed by atoms with Crippen molar-refractivity contribution >= 4 is 0 Å². The van der Waals surface area contributed by atoms with E-state index >= 15 is 0 Å². The molecule has 1 aromatic carbocycles. The molecule has 0 spiro atoms. The highest BCUT2D eigenvalue weighted by Crippen LogP contribution is 2.22. The summed E-state index contributed by atoms with van der Waals surface area (Å²) >= 11 is 0. The summed E-state index contributed by atoms with van der Waals surface area (Å²) in [6.07, 6.45) is 0. The number of halogens is 1. The van der Waals surface area contributed by atoms with Gasteiger partial charge in [0, 0.05) is 19.2 Å². The molecule has 0 saturated heterocycles. The van der Waals surface area contributed by atoms with Crippen LogP contribution in [-0.2, 0) is 11.3 Å². The first kappa shape index (κ1) is 13.4. The third-order valence-electron chi connectivity index (χ3n) is 2.43. The molecule has 0 bridgehead atoms. The first-order valence-electron chi connectivity index (χ1n) is 5.72. The van der Waals surface area contributed by atoms with Crippen LogP contribution in [0, 0.1) is 5.82 Å². The summed E-state index contributed by atoms with van der Waals surface area (Å²) in [5.41, 5.74) is 0.446. The summed E-state index contributed by atoms with van der Waals surface area (Å²) in [5, 5.41) is 15.9. The molecule has 102 valence electrons. The fourth-order valence-electron chi connectivity index (χ4n) is 1.46. The average molecular weight is 267 g/mol. The van der Waals surface area contributed by atoms with E-state index in [-0.39, 0.29) is 5.82 Å². The Hall–Kier alpha value is -1.99. The maximum absolute atomic E-state index is 13.2. The van der Waals surface area contributed by atoms with E-state index in [9.17, 15) is 4.39 Å². The van der Waals surface area contributed by atoms with Gasteiger partial charge < -0.3 is 19.7 Å². The molecule has 0 amide bonds. The van der Waals surface area contributed by atoms with Gasteiger partial charge >= 0.3 is 0 Å². The van der Waals surface area contributed by atoms with Crippen LogP contribution in [0.25, 0.3) is 11.4 Å². The van der Waals surface area contributed by atoms with Crippen molar-refractivity contribution in [3.8, 4) is 17.1 Å². The molecule has 0 aliphatic heterocycles. The van der Waals surface area contributed by atoms with Gasteiger partial charge in [-0.3, -0.25) is 0 Å². The summed E-state index contributed by atoms with van der Waals surface area (Å²) < 4.78 is 23.1. The Morgan fingerprint density at radius 2 is 2.32 bits per heavy atom. The minimum atomic E-state index is -0.720. The number of methoxy groups -OCH3 is 1. The fraction of sp³-hybridized carbons (Fsp3) is 0.333. The largest absolute Gasteiger partial charge is 0.505 e. The van der Waals surface area contributed by atoms with Crippen molar-refractivity contribution in [2.24, 2.45) is 0 Å². The molecule has 0 atom stereocenters. The van der Waals surface area contributed by atoms with Crippen LogP contribution in [0.2, 0.25) is 0 Å². The first-order valence-corrected chi connectivity index (χ1v) is 5.72. The van der Waals surface area contributed by atoms with Crippen molar-refractivity contribution in [1.82, 2.24) is 15.5 Å². The number of nitrogens with zero attached hydrogens (tertiary/aromatic N) is 2. The zero-order chi connectivity index (χ0) is 13.7. The molecule has 0 unspecified atom stereocenters. The number of ether oxygens (including phenoxy) is 1. The molecule has 0 aliphatic rings. The molecule has 7 heteroatoms. The monoisotopic (exact) mass is 267 g/mol. The highest BCUT2D eigenvalue weighted by molar-refractivity contribution is 5.55. The Morgan fingerprint density at radius 3 is 3.05 bits per heavy atom. The van der Waals surface area contributed by atoms with Gasteiger partial charge in [-0.25, -0.2) is 4.39 Å². The zero-order valence-electron chi connectivity index (χ0n) is 10.4. The standard InChI is InChI=1S/C12H14FN3O3/c1-18-5-4-14-7-11-15-12(16-19-11)8-2-3-10(17)9(13)6-8/h2-3,6,14,17H,4-5,7H2,1H3. The van der Waals surface area contributed by atoms with Gasteiger partial charge in [0.15, 0.2) is 11.6 Å². The minimum Gasteiger partial charge on any atom is -0.505 e. The van der Waals surface area contributed by atoms with Crippen LogP contribution in [-0.4, -0.2) is 35.5 Å². The zero-order valence-corrected chi connectivity index (χ0v) is 10.4. The van der Waals surface area contributed by atoms with Crippen LogP contribution in [0.3, 0.4) is 0 Å². The molecular weight excluding hydrogens is 253 g/mol. The van der Waals surface area contributed by atoms with Gasteiger partial charge in [0.2, 0.25) is 11.7 Å². The third kappa shape index (κ3) is 3.49. The van der Waals surface area contributed by atoms with Gasteiger partial charge in [0.05, 0.1) is 13.2 Å². The summed E-state index contributed by atoms with van der Waals surface area (Å²) in [4.78, 5) is 4.12. The summed E-state index contributed by atoms with van der Waals surface area (Å²) in [7, 11) is 1.62. The van der Waals surface area contributed by atoms with E-state index in [2.05, 4.69) is 15.5 Å². The molecule has 2 aromatic rings. The maximum atomic E-state index is 13.2. The number of aromatic nitrogens is 2. The second-order valence-corrected chi connectivity index (χ2v) is 3.85. The number of nitrogens with one attached hydrogen (secondary N) is 1. The van der Waals surface area contributed by atoms with Crippen molar-refractivity contribution in [2.45, 2.75) is 6.54 Å². The molecule has 2 N–H and O–H groups in total. The Bertz CT molecular complexity index is 545. The number of hydrogen-bond donors (Lipinski definition) is 2. The van der Waals surface area contributed by atoms with E-state index in [1.807, 2.05) is 0 Å². The Morgan fingerprint density at radius 1 is 1.47 bits per heavy atom. The smallest absolute Gasteiger partial charge is 0.240 e. The molecular formula is C12H14FN3O3. The van der Waals surface area contributed by atoms with Crippen molar-refractivity contribution in [3.63, 3.8) is 0 Å². The van der Waals surface area contributed by atoms with E-state index in [0.717, 1.165) is 6.07 Å². The summed E-state index contributed by atoms with van der Waals surface area (Å²) in [6, 6.07) is 3.92. The van der Waals surface area contributed by atoms with Crippen LogP contribution in [0.5, 0.6) is 5.75 Å². The van der Waals surface area contributed by atoms with Gasteiger partial charge in [0.1, 0.15) is 0 Å². The molecule has 0 radical (unpaired) electrons. The third-order valence-corrected chi connectivity index (χ3v) is 2.43. The molecule has 6 nitrogen and oxygen atoms in total. The number of hydrogen-bond acceptors (Lipinski definition) is 6. The number of aromatic hydroxyl groups is 1. The Labute approximate surface area is 109 Å². The van der Waals surface area contributed by atoms with Gasteiger partial charge in [-0.1, -0.05) is 5.16 Å². The molecule has 0 aliphatic carbocycles. The van der Waals surface area contributed by atoms with E-state index in [0.29, 0.717) is 31.2 Å². The van der Waals surface area contributed by atoms with E-state index < -0.39 is 11.6 Å². The number of benzene rings is 1. The molecule has 19 heavy (non-hydrogen) atoms. The fourth-order valence-corrected chi connectivity index (χ4v) is 1.46. The van der Waals surface area contributed by atoms with Crippen molar-refractivity contribution in [1.29, 1.82) is 0 Å². The van der Waals surface area contributed by atoms with Gasteiger partial charge in [0.25, 0.3) is 0 Å². The Balaban J connectivity index is 2.01. The predicted molar refractivity (Wildman–Crippen MR) is 64.9 cm³/mol. The van der Waals surface area contributed by atoms with Crippen LogP contribution >= 0.6 is 0 Å². The van der Waals surface area contributed by atoms with Crippen LogP contribution < -0.4 is 5.32 Å². The predicted octanol–water partition coefficient (Wildman–Crippen LogP) is 1.32. The van der Waals surface area contributed by atoms with Crippen LogP contribution in [0.1, 0.15) is 5.89 Å². The number of phenols is 1. The first-order chi connectivity index (χ1) is 9.20. The van der Waals surface area contributed by atoms with Crippen molar-refractivity contribution in [2.75, 3.05) is 20.3 Å². The highest BCUT2D eigenvalue weighted by atomic mass is 19.1. The van der Waals surface area contributed by atoms with Crippen molar-refractivity contribution < 1.29 is 18.8 Å². The highest BCUT2D eigenvalue weighted by Gasteiger charge is 2.10. The lowest BCUT2D eigenvalue weighted by molar-refractivity contribution is 0.197. The van der Waals surface area contributed by atoms with Crippen molar-refractivity contribution in [3.05, 3.63) is 29.9 Å². The lowest BCUT2D eigenvalue weighted by Gasteiger charge is -1.99. The second kappa shape index (κ2) is 6.26. The second-order valence-electron chi connectivity index (χ2n) is 3.85. The molecule has 0 saturated carbocycles. The molecule has 2 rings (SSSR count). The van der Waals surface area contributed by atoms with Crippen LogP contribution in [0.4, 0.5) is 4.39 Å². The van der Waals surface area contributed by atoms with Gasteiger partial charge in [-0.05, 0) is 18.2 Å². The minimum absolute atomic E-state index is 0.280. The lowest BCUT2D eigenvalue weighted by Crippen LogP contribution is -2.18. The maximum Gasteiger partial charge on any atom is 0.240 e. The number of rotatable bonds is 6. The molecule has 0 fully saturated rings. The summed E-state index contributed by atoms with van der Waals surface area (Å²) in [5.74, 6) is -0.446. The van der Waals surface area contributed by atoms with E-state index in [1.165, 1.54) is 12.1 Å². The quantitative estimate of drug-likeness (QED) is 0.768. The number of phenolic OH excluding ortho intramolecular Hbond substituents is 1. The Kier molecular flexibility index (Phi) is 4.43. The topological polar surface area (TPSA) is 80.4 Å². The van der Waals surface area contributed by atoms with Gasteiger partial charge in [-0.15, -0.1) is 0 Å². The SMILES string of the molecule is COCCNCc1nc(-c2ccc(O)c(F)c2)no1. The lowest BCUT2D eigenvalue weighted by atomic mass is 10.2. The van der Waals surface area contributed by atoms with E-state index in [4.69, 9.17) is 14.4 Å². The van der Waals surface area contributed by atoms with Crippen LogP contribution in [0.15, 0.2) is 22.7 Å². The van der Waals surface area contributed by atoms with Gasteiger partial charge in [-0.2, -0.15) is 4.98 Å². The summed E-state index contributed by atoms with van der Waals surface area (Å²) in [6.45, 7) is 1.67. The molecule has 1 aromatic heterocycles. The molecule has 1 heterocycles. The average Bonchev–Trinajstić information content (AvgIpc) is 2.87.